The van der Waals surface area contributed by atoms with Crippen LogP contribution in [0.3, 0.4) is 0 Å². The Hall–Kier alpha value is -0.930. The Kier molecular flexibility index (Phi) is 3.59. The number of rotatable bonds is 3. The molecule has 1 saturated heterocycles. The third-order valence-electron chi connectivity index (χ3n) is 5.45. The summed E-state index contributed by atoms with van der Waals surface area (Å²) in [7, 11) is 0. The fourth-order valence-electron chi connectivity index (χ4n) is 3.92. The van der Waals surface area contributed by atoms with Crippen molar-refractivity contribution in [1.82, 2.24) is 0 Å². The highest BCUT2D eigenvalue weighted by molar-refractivity contribution is 5.27. The van der Waals surface area contributed by atoms with Crippen molar-refractivity contribution in [2.75, 3.05) is 6.61 Å². The lowest BCUT2D eigenvalue weighted by Gasteiger charge is -2.51. The van der Waals surface area contributed by atoms with Crippen molar-refractivity contribution in [1.29, 1.82) is 0 Å². The molecule has 1 saturated carbocycles. The highest BCUT2D eigenvalue weighted by Gasteiger charge is 2.48. The van der Waals surface area contributed by atoms with Crippen molar-refractivity contribution in [3.05, 3.63) is 35.6 Å². The molecule has 3 rings (SSSR count). The minimum atomic E-state index is -0.572. The Labute approximate surface area is 120 Å². The first kappa shape index (κ1) is 14.0. The molecule has 2 aliphatic rings. The molecule has 2 fully saturated rings. The molecule has 2 nitrogen and oxygen atoms in total. The first-order valence-electron chi connectivity index (χ1n) is 7.77. The molecular weight excluding hydrogens is 253 g/mol. The van der Waals surface area contributed by atoms with Crippen molar-refractivity contribution in [2.24, 2.45) is 11.7 Å². The summed E-state index contributed by atoms with van der Waals surface area (Å²) in [6.45, 7) is 2.83. The molecule has 0 radical (unpaired) electrons. The van der Waals surface area contributed by atoms with Crippen molar-refractivity contribution in [3.63, 3.8) is 0 Å². The third kappa shape index (κ3) is 2.17. The predicted octanol–water partition coefficient (Wildman–Crippen LogP) is 3.74. The van der Waals surface area contributed by atoms with E-state index in [1.807, 2.05) is 12.1 Å². The predicted molar refractivity (Wildman–Crippen MR) is 77.8 cm³/mol. The Morgan fingerprint density at radius 1 is 1.40 bits per heavy atom. The van der Waals surface area contributed by atoms with Crippen LogP contribution >= 0.6 is 0 Å². The van der Waals surface area contributed by atoms with Gasteiger partial charge in [-0.15, -0.1) is 0 Å². The topological polar surface area (TPSA) is 35.2 Å². The van der Waals surface area contributed by atoms with Crippen LogP contribution in [-0.2, 0) is 10.3 Å². The van der Waals surface area contributed by atoms with Gasteiger partial charge in [0.1, 0.15) is 5.82 Å². The minimum absolute atomic E-state index is 0.0496. The van der Waals surface area contributed by atoms with Crippen LogP contribution in [0.25, 0.3) is 0 Å². The number of nitrogens with two attached hydrogens (primary N) is 1. The van der Waals surface area contributed by atoms with Crippen LogP contribution in [-0.4, -0.2) is 12.2 Å². The highest BCUT2D eigenvalue weighted by atomic mass is 19.1. The number of hydrogen-bond donors (Lipinski definition) is 1. The van der Waals surface area contributed by atoms with E-state index in [0.717, 1.165) is 38.7 Å². The molecule has 1 aromatic carbocycles. The monoisotopic (exact) mass is 277 g/mol. The lowest BCUT2D eigenvalue weighted by atomic mass is 9.64. The summed E-state index contributed by atoms with van der Waals surface area (Å²) in [4.78, 5) is 0. The Morgan fingerprint density at radius 3 is 2.75 bits per heavy atom. The maximum absolute atomic E-state index is 14.2. The number of halogens is 1. The van der Waals surface area contributed by atoms with E-state index in [9.17, 15) is 4.39 Å². The number of ether oxygens (including phenoxy) is 1. The second-order valence-electron chi connectivity index (χ2n) is 6.45. The smallest absolute Gasteiger partial charge is 0.128 e. The lowest BCUT2D eigenvalue weighted by Crippen LogP contribution is -2.53. The van der Waals surface area contributed by atoms with Gasteiger partial charge in [-0.3, -0.25) is 0 Å². The third-order valence-corrected chi connectivity index (χ3v) is 5.45. The van der Waals surface area contributed by atoms with E-state index in [0.29, 0.717) is 11.5 Å². The zero-order valence-corrected chi connectivity index (χ0v) is 12.2. The molecule has 3 heteroatoms. The van der Waals surface area contributed by atoms with Gasteiger partial charge in [0.25, 0.3) is 0 Å². The number of hydrogen-bond acceptors (Lipinski definition) is 2. The van der Waals surface area contributed by atoms with Gasteiger partial charge in [-0.1, -0.05) is 25.1 Å². The van der Waals surface area contributed by atoms with Gasteiger partial charge >= 0.3 is 0 Å². The number of benzene rings is 1. The van der Waals surface area contributed by atoms with Crippen LogP contribution in [0.15, 0.2) is 24.3 Å². The Balaban J connectivity index is 1.90. The minimum Gasteiger partial charge on any atom is -0.375 e. The molecule has 2 unspecified atom stereocenters. The summed E-state index contributed by atoms with van der Waals surface area (Å²) in [5.41, 5.74) is 6.85. The first-order chi connectivity index (χ1) is 9.60. The van der Waals surface area contributed by atoms with E-state index < -0.39 is 5.54 Å². The van der Waals surface area contributed by atoms with Crippen LogP contribution < -0.4 is 5.73 Å². The molecule has 110 valence electrons. The average Bonchev–Trinajstić information content (AvgIpc) is 2.45. The summed E-state index contributed by atoms with van der Waals surface area (Å²) >= 11 is 0. The molecule has 0 bridgehead atoms. The van der Waals surface area contributed by atoms with E-state index in [-0.39, 0.29) is 11.4 Å². The second-order valence-corrected chi connectivity index (χ2v) is 6.45. The van der Waals surface area contributed by atoms with Crippen LogP contribution in [0.4, 0.5) is 4.39 Å². The Bertz CT molecular complexity index is 486. The van der Waals surface area contributed by atoms with Crippen LogP contribution in [0.1, 0.15) is 51.0 Å². The second kappa shape index (κ2) is 5.12. The van der Waals surface area contributed by atoms with Gasteiger partial charge in [0, 0.05) is 17.7 Å². The normalized spacial score (nSPS) is 27.9. The highest BCUT2D eigenvalue weighted by Crippen LogP contribution is 2.49. The van der Waals surface area contributed by atoms with Gasteiger partial charge in [0.2, 0.25) is 0 Å². The summed E-state index contributed by atoms with van der Waals surface area (Å²) in [6.07, 6.45) is 6.19. The molecular formula is C17H24FNO. The molecule has 2 N–H and O–H groups in total. The van der Waals surface area contributed by atoms with Gasteiger partial charge in [-0.2, -0.15) is 0 Å². The van der Waals surface area contributed by atoms with E-state index in [1.54, 1.807) is 6.07 Å². The largest absolute Gasteiger partial charge is 0.375 e. The molecule has 0 amide bonds. The van der Waals surface area contributed by atoms with E-state index in [1.165, 1.54) is 12.5 Å². The molecule has 1 aromatic rings. The molecule has 1 heterocycles. The standard InChI is InChI=1S/C17H24FNO/c1-2-17(19,14-6-3-4-7-15(14)18)13-8-11-20-16(12-13)9-5-10-16/h3-4,6-7,13H,2,5,8-12,19H2,1H3. The Morgan fingerprint density at radius 2 is 2.15 bits per heavy atom. The maximum atomic E-state index is 14.2. The van der Waals surface area contributed by atoms with Crippen molar-refractivity contribution >= 4 is 0 Å². The van der Waals surface area contributed by atoms with Crippen molar-refractivity contribution in [3.8, 4) is 0 Å². The first-order valence-corrected chi connectivity index (χ1v) is 7.77. The SMILES string of the molecule is CCC(N)(c1ccccc1F)C1CCOC2(CCC2)C1. The molecule has 20 heavy (non-hydrogen) atoms. The van der Waals surface area contributed by atoms with Gasteiger partial charge < -0.3 is 10.5 Å². The van der Waals surface area contributed by atoms with Gasteiger partial charge in [0.05, 0.1) is 5.60 Å². The zero-order valence-electron chi connectivity index (χ0n) is 12.2. The fraction of sp³-hybridized carbons (Fsp3) is 0.647. The molecule has 1 aliphatic carbocycles. The molecule has 0 aromatic heterocycles. The van der Waals surface area contributed by atoms with Crippen LogP contribution in [0.2, 0.25) is 0 Å². The summed E-state index contributed by atoms with van der Waals surface area (Å²) in [5.74, 6) is 0.129. The fourth-order valence-corrected chi connectivity index (χ4v) is 3.92. The average molecular weight is 277 g/mol. The summed E-state index contributed by atoms with van der Waals surface area (Å²) in [5, 5.41) is 0. The maximum Gasteiger partial charge on any atom is 0.128 e. The molecule has 2 atom stereocenters. The zero-order chi connectivity index (χ0) is 14.2. The molecule has 1 aliphatic heterocycles. The van der Waals surface area contributed by atoms with Crippen LogP contribution in [0, 0.1) is 11.7 Å². The van der Waals surface area contributed by atoms with Gasteiger partial charge in [-0.05, 0) is 50.5 Å². The van der Waals surface area contributed by atoms with Gasteiger partial charge in [-0.25, -0.2) is 4.39 Å². The van der Waals surface area contributed by atoms with Crippen LogP contribution in [0.5, 0.6) is 0 Å². The molecule has 1 spiro atoms. The van der Waals surface area contributed by atoms with Gasteiger partial charge in [0.15, 0.2) is 0 Å². The van der Waals surface area contributed by atoms with Crippen molar-refractivity contribution in [2.45, 2.75) is 56.6 Å². The summed E-state index contributed by atoms with van der Waals surface area (Å²) < 4.78 is 20.2. The van der Waals surface area contributed by atoms with Crippen molar-refractivity contribution < 1.29 is 9.13 Å². The quantitative estimate of drug-likeness (QED) is 0.913. The van der Waals surface area contributed by atoms with E-state index in [2.05, 4.69) is 6.92 Å². The van der Waals surface area contributed by atoms with E-state index in [4.69, 9.17) is 10.5 Å². The lowest BCUT2D eigenvalue weighted by molar-refractivity contribution is -0.153. The summed E-state index contributed by atoms with van der Waals surface area (Å²) in [6, 6.07) is 6.98. The van der Waals surface area contributed by atoms with E-state index >= 15 is 0 Å².